The van der Waals surface area contributed by atoms with Gasteiger partial charge in [0.25, 0.3) is 0 Å². The van der Waals surface area contributed by atoms with Crippen LogP contribution in [0.25, 0.3) is 0 Å². The first-order valence-electron chi connectivity index (χ1n) is 8.65. The summed E-state index contributed by atoms with van der Waals surface area (Å²) in [7, 11) is 0. The number of hydrogen-bond donors (Lipinski definition) is 4. The summed E-state index contributed by atoms with van der Waals surface area (Å²) in [5.74, 6) is -0.568. The number of thiazole rings is 1. The highest BCUT2D eigenvalue weighted by molar-refractivity contribution is 7.09. The van der Waals surface area contributed by atoms with Gasteiger partial charge >= 0.3 is 0 Å². The largest absolute Gasteiger partial charge is 0.391 e. The van der Waals surface area contributed by atoms with Gasteiger partial charge in [-0.3, -0.25) is 14.7 Å². The van der Waals surface area contributed by atoms with Crippen molar-refractivity contribution in [3.8, 4) is 0 Å². The SMILES string of the molecule is Cc1csc(CCNC(=O)[C@@H]2C[C@@H](O)[C@H](NC(=O)Cc3ccn[nH]3)C2)n1. The third-order valence-electron chi connectivity index (χ3n) is 4.46. The molecular formula is C17H23N5O3S. The second-order valence-electron chi connectivity index (χ2n) is 6.59. The van der Waals surface area contributed by atoms with E-state index in [1.54, 1.807) is 23.6 Å². The predicted molar refractivity (Wildman–Crippen MR) is 96.5 cm³/mol. The number of aliphatic hydroxyl groups is 1. The van der Waals surface area contributed by atoms with Crippen LogP contribution in [0.3, 0.4) is 0 Å². The van der Waals surface area contributed by atoms with Crippen molar-refractivity contribution in [1.82, 2.24) is 25.8 Å². The molecule has 2 heterocycles. The lowest BCUT2D eigenvalue weighted by Crippen LogP contribution is -2.40. The Morgan fingerprint density at radius 1 is 1.42 bits per heavy atom. The average Bonchev–Trinajstić information content (AvgIpc) is 3.31. The topological polar surface area (TPSA) is 120 Å². The van der Waals surface area contributed by atoms with Gasteiger partial charge in [0.1, 0.15) is 0 Å². The van der Waals surface area contributed by atoms with E-state index in [0.717, 1.165) is 10.7 Å². The molecule has 26 heavy (non-hydrogen) atoms. The summed E-state index contributed by atoms with van der Waals surface area (Å²) >= 11 is 1.59. The average molecular weight is 377 g/mol. The number of H-pyrrole nitrogens is 1. The molecule has 1 aliphatic carbocycles. The minimum atomic E-state index is -0.710. The first kappa shape index (κ1) is 18.5. The first-order chi connectivity index (χ1) is 12.5. The molecule has 0 bridgehead atoms. The number of aliphatic hydroxyl groups excluding tert-OH is 1. The van der Waals surface area contributed by atoms with Crippen molar-refractivity contribution >= 4 is 23.2 Å². The summed E-state index contributed by atoms with van der Waals surface area (Å²) in [5, 5.41) is 25.4. The molecule has 1 fully saturated rings. The lowest BCUT2D eigenvalue weighted by Gasteiger charge is -2.16. The van der Waals surface area contributed by atoms with E-state index in [-0.39, 0.29) is 24.2 Å². The van der Waals surface area contributed by atoms with E-state index in [0.29, 0.717) is 31.5 Å². The van der Waals surface area contributed by atoms with Crippen LogP contribution < -0.4 is 10.6 Å². The van der Waals surface area contributed by atoms with Gasteiger partial charge in [-0.05, 0) is 25.8 Å². The summed E-state index contributed by atoms with van der Waals surface area (Å²) in [6.07, 6.45) is 2.55. The molecule has 0 aliphatic heterocycles. The molecule has 0 unspecified atom stereocenters. The smallest absolute Gasteiger partial charge is 0.226 e. The Bertz CT molecular complexity index is 745. The number of nitrogens with zero attached hydrogens (tertiary/aromatic N) is 2. The Morgan fingerprint density at radius 3 is 2.96 bits per heavy atom. The molecule has 140 valence electrons. The van der Waals surface area contributed by atoms with Crippen molar-refractivity contribution in [3.05, 3.63) is 34.0 Å². The maximum atomic E-state index is 12.3. The highest BCUT2D eigenvalue weighted by atomic mass is 32.1. The van der Waals surface area contributed by atoms with Gasteiger partial charge < -0.3 is 15.7 Å². The molecule has 2 amide bonds. The summed E-state index contributed by atoms with van der Waals surface area (Å²) in [4.78, 5) is 28.7. The fourth-order valence-electron chi connectivity index (χ4n) is 3.15. The Hall–Kier alpha value is -2.26. The molecular weight excluding hydrogens is 354 g/mol. The highest BCUT2D eigenvalue weighted by Gasteiger charge is 2.37. The second kappa shape index (κ2) is 8.41. The Labute approximate surface area is 155 Å². The summed E-state index contributed by atoms with van der Waals surface area (Å²) in [5.41, 5.74) is 1.70. The van der Waals surface area contributed by atoms with E-state index in [2.05, 4.69) is 25.8 Å². The Morgan fingerprint density at radius 2 is 2.27 bits per heavy atom. The van der Waals surface area contributed by atoms with E-state index in [1.807, 2.05) is 12.3 Å². The molecule has 0 spiro atoms. The number of aromatic amines is 1. The number of aryl methyl sites for hydroxylation is 1. The van der Waals surface area contributed by atoms with Crippen molar-refractivity contribution in [3.63, 3.8) is 0 Å². The maximum absolute atomic E-state index is 12.3. The van der Waals surface area contributed by atoms with E-state index in [4.69, 9.17) is 0 Å². The molecule has 2 aromatic heterocycles. The van der Waals surface area contributed by atoms with Crippen LogP contribution >= 0.6 is 11.3 Å². The third kappa shape index (κ3) is 4.89. The zero-order valence-electron chi connectivity index (χ0n) is 14.6. The molecule has 1 aliphatic rings. The molecule has 9 heteroatoms. The van der Waals surface area contributed by atoms with E-state index in [9.17, 15) is 14.7 Å². The van der Waals surface area contributed by atoms with Gasteiger partial charge in [-0.25, -0.2) is 4.98 Å². The van der Waals surface area contributed by atoms with Gasteiger partial charge in [0.05, 0.1) is 23.6 Å². The van der Waals surface area contributed by atoms with Crippen LogP contribution in [0.5, 0.6) is 0 Å². The summed E-state index contributed by atoms with van der Waals surface area (Å²) in [6.45, 7) is 2.47. The van der Waals surface area contributed by atoms with Crippen LogP contribution in [0.4, 0.5) is 0 Å². The molecule has 8 nitrogen and oxygen atoms in total. The zero-order chi connectivity index (χ0) is 18.5. The number of nitrogens with one attached hydrogen (secondary N) is 3. The maximum Gasteiger partial charge on any atom is 0.226 e. The molecule has 2 aromatic rings. The van der Waals surface area contributed by atoms with Gasteiger partial charge in [-0.2, -0.15) is 5.10 Å². The monoisotopic (exact) mass is 377 g/mol. The molecule has 4 N–H and O–H groups in total. The van der Waals surface area contributed by atoms with Gasteiger partial charge in [-0.1, -0.05) is 0 Å². The van der Waals surface area contributed by atoms with E-state index in [1.165, 1.54) is 0 Å². The van der Waals surface area contributed by atoms with Gasteiger partial charge in [0, 0.05) is 41.8 Å². The van der Waals surface area contributed by atoms with Crippen LogP contribution in [0, 0.1) is 12.8 Å². The molecule has 1 saturated carbocycles. The van der Waals surface area contributed by atoms with Crippen molar-refractivity contribution in [2.75, 3.05) is 6.54 Å². The molecule has 3 rings (SSSR count). The molecule has 0 aromatic carbocycles. The van der Waals surface area contributed by atoms with Crippen LogP contribution in [0.1, 0.15) is 29.2 Å². The number of hydrogen-bond acceptors (Lipinski definition) is 6. The molecule has 0 saturated heterocycles. The van der Waals surface area contributed by atoms with Crippen molar-refractivity contribution in [1.29, 1.82) is 0 Å². The Kier molecular flexibility index (Phi) is 6.00. The van der Waals surface area contributed by atoms with Crippen LogP contribution in [0.15, 0.2) is 17.6 Å². The fraction of sp³-hybridized carbons (Fsp3) is 0.529. The number of amides is 2. The number of rotatable bonds is 7. The minimum Gasteiger partial charge on any atom is -0.391 e. The van der Waals surface area contributed by atoms with Gasteiger partial charge in [0.15, 0.2) is 0 Å². The minimum absolute atomic E-state index is 0.0809. The number of carbonyl (C=O) groups excluding carboxylic acids is 2. The zero-order valence-corrected chi connectivity index (χ0v) is 15.4. The lowest BCUT2D eigenvalue weighted by molar-refractivity contribution is -0.125. The molecule has 3 atom stereocenters. The summed E-state index contributed by atoms with van der Waals surface area (Å²) < 4.78 is 0. The van der Waals surface area contributed by atoms with Crippen molar-refractivity contribution in [2.24, 2.45) is 5.92 Å². The highest BCUT2D eigenvalue weighted by Crippen LogP contribution is 2.26. The van der Waals surface area contributed by atoms with Crippen molar-refractivity contribution in [2.45, 2.75) is 44.8 Å². The van der Waals surface area contributed by atoms with Crippen LogP contribution in [0.2, 0.25) is 0 Å². The quantitative estimate of drug-likeness (QED) is 0.554. The van der Waals surface area contributed by atoms with E-state index < -0.39 is 12.1 Å². The van der Waals surface area contributed by atoms with Crippen molar-refractivity contribution < 1.29 is 14.7 Å². The number of aromatic nitrogens is 3. The first-order valence-corrected chi connectivity index (χ1v) is 9.53. The predicted octanol–water partition coefficient (Wildman–Crippen LogP) is 0.332. The van der Waals surface area contributed by atoms with E-state index >= 15 is 0 Å². The standard InChI is InChI=1S/C17H23N5O3S/c1-10-9-26-16(20-10)3-4-18-17(25)11-6-13(14(23)7-11)21-15(24)8-12-2-5-19-22-12/h2,5,9,11,13-14,23H,3-4,6-8H2,1H3,(H,18,25)(H,19,22)(H,21,24)/t11-,13+,14+/m0/s1. The van der Waals surface area contributed by atoms with Crippen LogP contribution in [-0.2, 0) is 22.4 Å². The second-order valence-corrected chi connectivity index (χ2v) is 7.53. The normalized spacial score (nSPS) is 22.3. The third-order valence-corrected chi connectivity index (χ3v) is 5.49. The molecule has 0 radical (unpaired) electrons. The van der Waals surface area contributed by atoms with Gasteiger partial charge in [-0.15, -0.1) is 11.3 Å². The Balaban J connectivity index is 1.42. The van der Waals surface area contributed by atoms with Gasteiger partial charge in [0.2, 0.25) is 11.8 Å². The van der Waals surface area contributed by atoms with Crippen LogP contribution in [-0.4, -0.2) is 50.8 Å². The fourth-order valence-corrected chi connectivity index (χ4v) is 3.93. The summed E-state index contributed by atoms with van der Waals surface area (Å²) in [6, 6.07) is 1.33. The number of carbonyl (C=O) groups is 2. The lowest BCUT2D eigenvalue weighted by atomic mass is 10.1.